The summed E-state index contributed by atoms with van der Waals surface area (Å²) >= 11 is 12.4. The standard InChI is InChI=1S/C15H15Cl2N3O3/c1-8-5-4-6-9-11(8)12(21)20(14(18-9)15(2,16)17)19-7-10(19)13(22)23-3/h4-6,10H,7H2,1-3H3. The van der Waals surface area contributed by atoms with Crippen molar-refractivity contribution < 1.29 is 9.53 Å². The number of hydrogen-bond donors (Lipinski definition) is 0. The van der Waals surface area contributed by atoms with Crippen molar-refractivity contribution >= 4 is 40.1 Å². The van der Waals surface area contributed by atoms with Gasteiger partial charge in [-0.3, -0.25) is 9.80 Å². The first-order chi connectivity index (χ1) is 10.8. The van der Waals surface area contributed by atoms with Crippen LogP contribution < -0.4 is 10.6 Å². The van der Waals surface area contributed by atoms with Gasteiger partial charge >= 0.3 is 5.97 Å². The van der Waals surface area contributed by atoms with Crippen molar-refractivity contribution in [3.05, 3.63) is 39.9 Å². The molecule has 0 bridgehead atoms. The van der Waals surface area contributed by atoms with Gasteiger partial charge in [0, 0.05) is 0 Å². The number of rotatable bonds is 3. The van der Waals surface area contributed by atoms with E-state index in [4.69, 9.17) is 27.9 Å². The lowest BCUT2D eigenvalue weighted by Gasteiger charge is -2.21. The van der Waals surface area contributed by atoms with E-state index in [1.165, 1.54) is 18.7 Å². The van der Waals surface area contributed by atoms with Crippen LogP contribution in [0.4, 0.5) is 0 Å². The van der Waals surface area contributed by atoms with E-state index in [0.29, 0.717) is 17.4 Å². The highest BCUT2D eigenvalue weighted by Crippen LogP contribution is 2.33. The summed E-state index contributed by atoms with van der Waals surface area (Å²) in [6.45, 7) is 3.71. The third-order valence-corrected chi connectivity index (χ3v) is 4.13. The lowest BCUT2D eigenvalue weighted by atomic mass is 10.1. The zero-order valence-electron chi connectivity index (χ0n) is 12.8. The van der Waals surface area contributed by atoms with Gasteiger partial charge in [-0.1, -0.05) is 35.3 Å². The van der Waals surface area contributed by atoms with Crippen molar-refractivity contribution in [2.45, 2.75) is 24.2 Å². The number of aromatic nitrogens is 2. The Balaban J connectivity index is 2.27. The monoisotopic (exact) mass is 355 g/mol. The minimum absolute atomic E-state index is 0.176. The molecule has 0 spiro atoms. The fraction of sp³-hybridized carbons (Fsp3) is 0.400. The Kier molecular flexibility index (Phi) is 3.77. The van der Waals surface area contributed by atoms with Crippen molar-refractivity contribution in [3.63, 3.8) is 0 Å². The highest BCUT2D eigenvalue weighted by Gasteiger charge is 2.46. The maximum Gasteiger partial charge on any atom is 0.332 e. The molecule has 1 saturated heterocycles. The van der Waals surface area contributed by atoms with Crippen LogP contribution in [0.3, 0.4) is 0 Å². The quantitative estimate of drug-likeness (QED) is 0.477. The van der Waals surface area contributed by atoms with E-state index >= 15 is 0 Å². The number of ether oxygens (including phenoxy) is 1. The van der Waals surface area contributed by atoms with E-state index in [9.17, 15) is 9.59 Å². The molecule has 8 heteroatoms. The van der Waals surface area contributed by atoms with E-state index in [2.05, 4.69) is 4.98 Å². The normalized spacial score (nSPS) is 17.4. The molecule has 0 aliphatic carbocycles. The lowest BCUT2D eigenvalue weighted by molar-refractivity contribution is -0.139. The van der Waals surface area contributed by atoms with Crippen LogP contribution in [0.1, 0.15) is 18.3 Å². The number of fused-ring (bicyclic) bond motifs is 1. The number of carbonyl (C=O) groups excluding carboxylic acids is 1. The van der Waals surface area contributed by atoms with Gasteiger partial charge in [-0.15, -0.1) is 0 Å². The molecule has 2 aromatic rings. The third kappa shape index (κ3) is 2.66. The molecule has 2 heterocycles. The van der Waals surface area contributed by atoms with Crippen molar-refractivity contribution in [1.29, 1.82) is 0 Å². The summed E-state index contributed by atoms with van der Waals surface area (Å²) in [6, 6.07) is 4.84. The van der Waals surface area contributed by atoms with Crippen LogP contribution in [0.2, 0.25) is 0 Å². The van der Waals surface area contributed by atoms with Crippen LogP contribution in [-0.4, -0.2) is 35.3 Å². The zero-order chi connectivity index (χ0) is 16.9. The van der Waals surface area contributed by atoms with Crippen LogP contribution in [0.5, 0.6) is 0 Å². The second-order valence-electron chi connectivity index (χ2n) is 5.57. The molecule has 1 fully saturated rings. The van der Waals surface area contributed by atoms with E-state index in [-0.39, 0.29) is 11.4 Å². The Morgan fingerprint density at radius 2 is 2.13 bits per heavy atom. The first kappa shape index (κ1) is 16.1. The molecule has 6 nitrogen and oxygen atoms in total. The second-order valence-corrected chi connectivity index (χ2v) is 7.28. The summed E-state index contributed by atoms with van der Waals surface area (Å²) in [5, 5.41) is 2.02. The minimum atomic E-state index is -1.39. The van der Waals surface area contributed by atoms with Crippen LogP contribution in [0.25, 0.3) is 10.9 Å². The molecule has 1 atom stereocenters. The first-order valence-corrected chi connectivity index (χ1v) is 7.76. The van der Waals surface area contributed by atoms with Crippen LogP contribution in [0, 0.1) is 6.92 Å². The molecular weight excluding hydrogens is 341 g/mol. The Morgan fingerprint density at radius 1 is 1.43 bits per heavy atom. The molecule has 0 saturated carbocycles. The molecular formula is C15H15Cl2N3O3. The lowest BCUT2D eigenvalue weighted by Crippen LogP contribution is -2.38. The number of benzene rings is 1. The van der Waals surface area contributed by atoms with E-state index in [1.807, 2.05) is 19.1 Å². The number of halogens is 2. The summed E-state index contributed by atoms with van der Waals surface area (Å²) in [5.41, 5.74) is 1.01. The van der Waals surface area contributed by atoms with Crippen molar-refractivity contribution in [3.8, 4) is 0 Å². The number of hydrogen-bond acceptors (Lipinski definition) is 5. The van der Waals surface area contributed by atoms with Crippen molar-refractivity contribution in [2.75, 3.05) is 18.7 Å². The predicted octanol–water partition coefficient (Wildman–Crippen LogP) is 1.85. The number of methoxy groups -OCH3 is 1. The topological polar surface area (TPSA) is 64.2 Å². The molecule has 1 aromatic heterocycles. The smallest absolute Gasteiger partial charge is 0.332 e. The van der Waals surface area contributed by atoms with Crippen molar-refractivity contribution in [1.82, 2.24) is 9.66 Å². The summed E-state index contributed by atoms with van der Waals surface area (Å²) in [4.78, 5) is 29.1. The van der Waals surface area contributed by atoms with Gasteiger partial charge in [-0.2, -0.15) is 0 Å². The molecule has 1 aliphatic rings. The van der Waals surface area contributed by atoms with E-state index in [1.54, 1.807) is 11.1 Å². The second kappa shape index (κ2) is 5.39. The molecule has 0 amide bonds. The Hall–Kier alpha value is -1.79. The average molecular weight is 356 g/mol. The number of carbonyl (C=O) groups is 1. The fourth-order valence-corrected chi connectivity index (χ4v) is 2.84. The predicted molar refractivity (Wildman–Crippen MR) is 88.7 cm³/mol. The SMILES string of the molecule is COC(=O)C1CN1n1c(C(C)(Cl)Cl)nc2cccc(C)c2c1=O. The van der Waals surface area contributed by atoms with Gasteiger partial charge in [0.15, 0.2) is 16.2 Å². The van der Waals surface area contributed by atoms with Crippen LogP contribution in [0.15, 0.2) is 23.0 Å². The first-order valence-electron chi connectivity index (χ1n) is 7.01. The Bertz CT molecular complexity index is 857. The van der Waals surface area contributed by atoms with Gasteiger partial charge in [0.05, 0.1) is 24.6 Å². The molecule has 23 heavy (non-hydrogen) atoms. The molecule has 1 unspecified atom stereocenters. The molecule has 1 aromatic carbocycles. The maximum absolute atomic E-state index is 13.0. The molecule has 3 rings (SSSR count). The summed E-state index contributed by atoms with van der Waals surface area (Å²) in [5.74, 6) is -0.242. The Morgan fingerprint density at radius 3 is 2.74 bits per heavy atom. The number of aryl methyl sites for hydroxylation is 1. The van der Waals surface area contributed by atoms with Gasteiger partial charge in [-0.05, 0) is 25.5 Å². The molecule has 1 aliphatic heterocycles. The highest BCUT2D eigenvalue weighted by atomic mass is 35.5. The number of alkyl halides is 2. The van der Waals surface area contributed by atoms with Gasteiger partial charge in [0.25, 0.3) is 5.56 Å². The highest BCUT2D eigenvalue weighted by molar-refractivity contribution is 6.47. The summed E-state index contributed by atoms with van der Waals surface area (Å²) in [7, 11) is 1.30. The zero-order valence-corrected chi connectivity index (χ0v) is 14.4. The van der Waals surface area contributed by atoms with Gasteiger partial charge in [-0.25, -0.2) is 14.5 Å². The van der Waals surface area contributed by atoms with E-state index in [0.717, 1.165) is 5.56 Å². The van der Waals surface area contributed by atoms with Crippen LogP contribution in [-0.2, 0) is 13.9 Å². The largest absolute Gasteiger partial charge is 0.467 e. The number of nitrogens with zero attached hydrogens (tertiary/aromatic N) is 3. The third-order valence-electron chi connectivity index (χ3n) is 3.79. The summed E-state index contributed by atoms with van der Waals surface area (Å²) in [6.07, 6.45) is 0. The molecule has 0 radical (unpaired) electrons. The minimum Gasteiger partial charge on any atom is -0.467 e. The van der Waals surface area contributed by atoms with Crippen LogP contribution >= 0.6 is 23.2 Å². The Labute approximate surface area is 142 Å². The van der Waals surface area contributed by atoms with Gasteiger partial charge in [0.1, 0.15) is 0 Å². The van der Waals surface area contributed by atoms with E-state index < -0.39 is 16.3 Å². The molecule has 122 valence electrons. The fourth-order valence-electron chi connectivity index (χ4n) is 2.59. The molecule has 0 N–H and O–H groups in total. The number of esters is 1. The van der Waals surface area contributed by atoms with Gasteiger partial charge in [0.2, 0.25) is 0 Å². The summed E-state index contributed by atoms with van der Waals surface area (Å²) < 4.78 is 4.62. The maximum atomic E-state index is 13.0. The van der Waals surface area contributed by atoms with Gasteiger partial charge < -0.3 is 4.74 Å². The van der Waals surface area contributed by atoms with Crippen molar-refractivity contribution in [2.24, 2.45) is 0 Å². The average Bonchev–Trinajstić information content (AvgIpc) is 3.25.